The summed E-state index contributed by atoms with van der Waals surface area (Å²) < 4.78 is 0. The second-order valence-corrected chi connectivity index (χ2v) is 6.07. The summed E-state index contributed by atoms with van der Waals surface area (Å²) in [5, 5.41) is 12.2. The number of carbonyl (C=O) groups excluding carboxylic acids is 1. The van der Waals surface area contributed by atoms with E-state index in [1.165, 1.54) is 32.1 Å². The van der Waals surface area contributed by atoms with Crippen molar-refractivity contribution in [2.24, 2.45) is 17.0 Å². The van der Waals surface area contributed by atoms with Crippen molar-refractivity contribution in [3.8, 4) is 0 Å². The van der Waals surface area contributed by atoms with Crippen molar-refractivity contribution in [1.29, 1.82) is 0 Å². The van der Waals surface area contributed by atoms with E-state index in [1.54, 1.807) is 0 Å². The summed E-state index contributed by atoms with van der Waals surface area (Å²) in [5.74, 6) is 0.766. The molecule has 2 fully saturated rings. The molecule has 1 atom stereocenters. The van der Waals surface area contributed by atoms with Crippen LogP contribution < -0.4 is 0 Å². The highest BCUT2D eigenvalue weighted by Gasteiger charge is 2.30. The van der Waals surface area contributed by atoms with E-state index in [0.717, 1.165) is 31.5 Å². The molecule has 1 N–H and O–H groups in total. The van der Waals surface area contributed by atoms with Crippen LogP contribution in [0.25, 0.3) is 0 Å². The lowest BCUT2D eigenvalue weighted by atomic mass is 9.89. The number of likely N-dealkylation sites (tertiary alicyclic amines) is 1. The van der Waals surface area contributed by atoms with Crippen LogP contribution in [0.15, 0.2) is 5.16 Å². The summed E-state index contributed by atoms with van der Waals surface area (Å²) in [6, 6.07) is 0. The molecule has 4 heteroatoms. The summed E-state index contributed by atoms with van der Waals surface area (Å²) >= 11 is 0. The third-order valence-corrected chi connectivity index (χ3v) is 4.60. The monoisotopic (exact) mass is 266 g/mol. The molecule has 108 valence electrons. The average Bonchev–Trinajstić information content (AvgIpc) is 2.37. The quantitative estimate of drug-likeness (QED) is 0.586. The minimum Gasteiger partial charge on any atom is -0.411 e. The predicted molar refractivity (Wildman–Crippen MR) is 75.4 cm³/mol. The van der Waals surface area contributed by atoms with E-state index in [9.17, 15) is 4.79 Å². The molecule has 0 bridgehead atoms. The third kappa shape index (κ3) is 3.71. The van der Waals surface area contributed by atoms with E-state index in [1.807, 2.05) is 11.8 Å². The summed E-state index contributed by atoms with van der Waals surface area (Å²) in [5.41, 5.74) is 0.835. The van der Waals surface area contributed by atoms with E-state index < -0.39 is 0 Å². The molecular weight excluding hydrogens is 240 g/mol. The minimum absolute atomic E-state index is 0.191. The molecule has 1 heterocycles. The fourth-order valence-corrected chi connectivity index (χ4v) is 3.33. The standard InChI is InChI=1S/C15H26N2O2/c1-12-11-17(10-9-14(12)16-19)15(18)13-7-5-3-2-4-6-8-13/h12-13,19H,2-11H2,1H3. The van der Waals surface area contributed by atoms with Crippen LogP contribution in [0.4, 0.5) is 0 Å². The van der Waals surface area contributed by atoms with Crippen LogP contribution in [-0.4, -0.2) is 34.8 Å². The first kappa shape index (κ1) is 14.4. The number of hydrogen-bond donors (Lipinski definition) is 1. The lowest BCUT2D eigenvalue weighted by Crippen LogP contribution is -2.45. The maximum absolute atomic E-state index is 12.6. The Morgan fingerprint density at radius 2 is 1.84 bits per heavy atom. The van der Waals surface area contributed by atoms with Gasteiger partial charge in [0, 0.05) is 31.3 Å². The van der Waals surface area contributed by atoms with Crippen LogP contribution in [0.3, 0.4) is 0 Å². The molecule has 2 rings (SSSR count). The summed E-state index contributed by atoms with van der Waals surface area (Å²) in [7, 11) is 0. The molecule has 1 aliphatic carbocycles. The van der Waals surface area contributed by atoms with Crippen molar-refractivity contribution in [3.05, 3.63) is 0 Å². The van der Waals surface area contributed by atoms with Crippen molar-refractivity contribution >= 4 is 11.6 Å². The van der Waals surface area contributed by atoms with E-state index in [2.05, 4.69) is 5.16 Å². The van der Waals surface area contributed by atoms with E-state index in [-0.39, 0.29) is 11.8 Å². The zero-order chi connectivity index (χ0) is 13.7. The van der Waals surface area contributed by atoms with Crippen molar-refractivity contribution in [2.75, 3.05) is 13.1 Å². The Labute approximate surface area is 115 Å². The lowest BCUT2D eigenvalue weighted by Gasteiger charge is -2.34. The largest absolute Gasteiger partial charge is 0.411 e. The van der Waals surface area contributed by atoms with Crippen LogP contribution in [0, 0.1) is 11.8 Å². The second-order valence-electron chi connectivity index (χ2n) is 6.07. The third-order valence-electron chi connectivity index (χ3n) is 4.60. The Morgan fingerprint density at radius 1 is 1.21 bits per heavy atom. The van der Waals surface area contributed by atoms with Gasteiger partial charge in [-0.25, -0.2) is 0 Å². The summed E-state index contributed by atoms with van der Waals surface area (Å²) in [6.45, 7) is 3.47. The van der Waals surface area contributed by atoms with Crippen LogP contribution in [0.1, 0.15) is 58.3 Å². The van der Waals surface area contributed by atoms with Gasteiger partial charge in [0.1, 0.15) is 0 Å². The van der Waals surface area contributed by atoms with Crippen LogP contribution in [0.2, 0.25) is 0 Å². The molecule has 0 aromatic heterocycles. The molecule has 0 spiro atoms. The molecule has 1 unspecified atom stereocenters. The van der Waals surface area contributed by atoms with Gasteiger partial charge in [-0.2, -0.15) is 0 Å². The molecule has 2 aliphatic rings. The number of hydrogen-bond acceptors (Lipinski definition) is 3. The van der Waals surface area contributed by atoms with Gasteiger partial charge < -0.3 is 10.1 Å². The second kappa shape index (κ2) is 6.92. The Morgan fingerprint density at radius 3 is 2.42 bits per heavy atom. The molecule has 1 aliphatic heterocycles. The topological polar surface area (TPSA) is 52.9 Å². The van der Waals surface area contributed by atoms with Crippen molar-refractivity contribution < 1.29 is 10.0 Å². The Balaban J connectivity index is 1.91. The van der Waals surface area contributed by atoms with Gasteiger partial charge >= 0.3 is 0 Å². The highest BCUT2D eigenvalue weighted by molar-refractivity contribution is 5.89. The lowest BCUT2D eigenvalue weighted by molar-refractivity contribution is -0.136. The fraction of sp³-hybridized carbons (Fsp3) is 0.867. The first-order valence-electron chi connectivity index (χ1n) is 7.72. The molecule has 1 saturated heterocycles. The van der Waals surface area contributed by atoms with Crippen LogP contribution >= 0.6 is 0 Å². The zero-order valence-electron chi connectivity index (χ0n) is 12.0. The van der Waals surface area contributed by atoms with Gasteiger partial charge in [-0.1, -0.05) is 44.2 Å². The van der Waals surface area contributed by atoms with Crippen molar-refractivity contribution in [3.63, 3.8) is 0 Å². The van der Waals surface area contributed by atoms with Gasteiger partial charge in [0.25, 0.3) is 0 Å². The normalized spacial score (nSPS) is 29.0. The maximum atomic E-state index is 12.6. The van der Waals surface area contributed by atoms with Gasteiger partial charge in [-0.15, -0.1) is 0 Å². The zero-order valence-corrected chi connectivity index (χ0v) is 12.0. The highest BCUT2D eigenvalue weighted by Crippen LogP contribution is 2.25. The number of nitrogens with zero attached hydrogens (tertiary/aromatic N) is 2. The minimum atomic E-state index is 0.191. The molecule has 0 aromatic rings. The van der Waals surface area contributed by atoms with Gasteiger partial charge in [0.05, 0.1) is 5.71 Å². The number of amides is 1. The SMILES string of the molecule is CC1CN(C(=O)C2CCCCCCC2)CCC1=NO. The highest BCUT2D eigenvalue weighted by atomic mass is 16.4. The predicted octanol–water partition coefficient (Wildman–Crippen LogP) is 3.05. The van der Waals surface area contributed by atoms with E-state index in [0.29, 0.717) is 12.5 Å². The summed E-state index contributed by atoms with van der Waals surface area (Å²) in [4.78, 5) is 14.6. The molecule has 0 aromatic carbocycles. The van der Waals surface area contributed by atoms with Gasteiger partial charge in [-0.3, -0.25) is 4.79 Å². The van der Waals surface area contributed by atoms with Crippen molar-refractivity contribution in [1.82, 2.24) is 4.90 Å². The van der Waals surface area contributed by atoms with E-state index >= 15 is 0 Å². The number of piperidine rings is 1. The van der Waals surface area contributed by atoms with Crippen LogP contribution in [0.5, 0.6) is 0 Å². The smallest absolute Gasteiger partial charge is 0.225 e. The number of carbonyl (C=O) groups is 1. The summed E-state index contributed by atoms with van der Waals surface area (Å²) in [6.07, 6.45) is 9.12. The van der Waals surface area contributed by atoms with Crippen LogP contribution in [-0.2, 0) is 4.79 Å². The molecule has 0 radical (unpaired) electrons. The maximum Gasteiger partial charge on any atom is 0.225 e. The van der Waals surface area contributed by atoms with Gasteiger partial charge in [0.2, 0.25) is 5.91 Å². The molecule has 1 saturated carbocycles. The molecule has 19 heavy (non-hydrogen) atoms. The Kier molecular flexibility index (Phi) is 5.23. The van der Waals surface area contributed by atoms with Gasteiger partial charge in [0.15, 0.2) is 0 Å². The van der Waals surface area contributed by atoms with Crippen molar-refractivity contribution in [2.45, 2.75) is 58.3 Å². The Hall–Kier alpha value is -1.06. The fourth-order valence-electron chi connectivity index (χ4n) is 3.33. The van der Waals surface area contributed by atoms with E-state index in [4.69, 9.17) is 5.21 Å². The number of oxime groups is 1. The molecule has 4 nitrogen and oxygen atoms in total. The van der Waals surface area contributed by atoms with Gasteiger partial charge in [-0.05, 0) is 12.8 Å². The average molecular weight is 266 g/mol. The first-order valence-corrected chi connectivity index (χ1v) is 7.72. The first-order chi connectivity index (χ1) is 9.22. The number of rotatable bonds is 1. The molecular formula is C15H26N2O2. The Bertz CT molecular complexity index is 333. The molecule has 1 amide bonds.